The molecule has 110 valence electrons. The van der Waals surface area contributed by atoms with Crippen LogP contribution in [-0.2, 0) is 6.18 Å². The predicted octanol–water partition coefficient (Wildman–Crippen LogP) is 3.67. The second-order valence-corrected chi connectivity index (χ2v) is 5.29. The number of hydrogen-bond donors (Lipinski definition) is 1. The highest BCUT2D eigenvalue weighted by molar-refractivity contribution is 6.00. The van der Waals surface area contributed by atoms with Crippen LogP contribution in [0.15, 0.2) is 24.3 Å². The minimum absolute atomic E-state index is 0.160. The molecule has 0 unspecified atom stereocenters. The minimum Gasteiger partial charge on any atom is -0.317 e. The molecule has 1 fully saturated rings. The first-order valence-electron chi connectivity index (χ1n) is 6.82. The maximum atomic E-state index is 12.7. The van der Waals surface area contributed by atoms with Crippen molar-refractivity contribution in [2.24, 2.45) is 5.41 Å². The summed E-state index contributed by atoms with van der Waals surface area (Å²) in [5, 5.41) is 3.18. The quantitative estimate of drug-likeness (QED) is 0.859. The number of alkyl halides is 3. The molecule has 0 bridgehead atoms. The Balaban J connectivity index is 2.33. The van der Waals surface area contributed by atoms with Crippen molar-refractivity contribution in [3.8, 4) is 0 Å². The smallest absolute Gasteiger partial charge is 0.317 e. The van der Waals surface area contributed by atoms with Crippen molar-refractivity contribution in [2.45, 2.75) is 32.4 Å². The number of carbonyl (C=O) groups is 1. The van der Waals surface area contributed by atoms with E-state index in [2.05, 4.69) is 5.32 Å². The van der Waals surface area contributed by atoms with Crippen molar-refractivity contribution in [1.82, 2.24) is 5.32 Å². The van der Waals surface area contributed by atoms with Crippen molar-refractivity contribution < 1.29 is 18.0 Å². The van der Waals surface area contributed by atoms with Gasteiger partial charge in [0.1, 0.15) is 0 Å². The monoisotopic (exact) mass is 285 g/mol. The van der Waals surface area contributed by atoms with Crippen LogP contribution in [0.1, 0.15) is 42.1 Å². The molecule has 1 saturated heterocycles. The van der Waals surface area contributed by atoms with E-state index in [-0.39, 0.29) is 11.3 Å². The van der Waals surface area contributed by atoms with Gasteiger partial charge in [0, 0.05) is 11.0 Å². The van der Waals surface area contributed by atoms with Gasteiger partial charge in [-0.15, -0.1) is 0 Å². The summed E-state index contributed by atoms with van der Waals surface area (Å²) >= 11 is 0. The van der Waals surface area contributed by atoms with Gasteiger partial charge in [-0.2, -0.15) is 13.2 Å². The molecular formula is C15H18F3NO. The number of carbonyl (C=O) groups excluding carboxylic acids is 1. The summed E-state index contributed by atoms with van der Waals surface area (Å²) in [4.78, 5) is 12.6. The maximum Gasteiger partial charge on any atom is 0.416 e. The van der Waals surface area contributed by atoms with Crippen LogP contribution in [0.4, 0.5) is 13.2 Å². The minimum atomic E-state index is -4.41. The zero-order chi connectivity index (χ0) is 14.8. The Labute approximate surface area is 116 Å². The number of halogens is 3. The van der Waals surface area contributed by atoms with Crippen molar-refractivity contribution in [1.29, 1.82) is 0 Å². The van der Waals surface area contributed by atoms with Crippen LogP contribution in [-0.4, -0.2) is 18.9 Å². The van der Waals surface area contributed by atoms with E-state index in [4.69, 9.17) is 0 Å². The summed E-state index contributed by atoms with van der Waals surface area (Å²) in [5.41, 5.74) is -1.11. The summed E-state index contributed by atoms with van der Waals surface area (Å²) in [6.45, 7) is 3.40. The fourth-order valence-electron chi connectivity index (χ4n) is 2.79. The van der Waals surface area contributed by atoms with Crippen molar-refractivity contribution in [3.63, 3.8) is 0 Å². The van der Waals surface area contributed by atoms with E-state index in [9.17, 15) is 18.0 Å². The summed E-state index contributed by atoms with van der Waals surface area (Å²) in [6, 6.07) is 4.76. The number of benzene rings is 1. The van der Waals surface area contributed by atoms with Gasteiger partial charge in [-0.25, -0.2) is 0 Å². The largest absolute Gasteiger partial charge is 0.416 e. The van der Waals surface area contributed by atoms with Crippen LogP contribution in [0.5, 0.6) is 0 Å². The standard InChI is InChI=1S/C15H18F3NO/c1-2-14(6-8-19-9-7-14)13(20)11-4-3-5-12(10-11)15(16,17)18/h3-5,10,19H,2,6-9H2,1H3. The van der Waals surface area contributed by atoms with E-state index in [1.54, 1.807) is 0 Å². The SMILES string of the molecule is CCC1(C(=O)c2cccc(C(F)(F)F)c2)CCNCC1. The number of nitrogens with one attached hydrogen (secondary N) is 1. The molecule has 0 aromatic heterocycles. The molecule has 2 nitrogen and oxygen atoms in total. The van der Waals surface area contributed by atoms with Gasteiger partial charge in [0.25, 0.3) is 0 Å². The highest BCUT2D eigenvalue weighted by Crippen LogP contribution is 2.37. The maximum absolute atomic E-state index is 12.7. The lowest BCUT2D eigenvalue weighted by atomic mass is 9.71. The lowest BCUT2D eigenvalue weighted by Crippen LogP contribution is -2.41. The number of rotatable bonds is 3. The zero-order valence-electron chi connectivity index (χ0n) is 11.4. The lowest BCUT2D eigenvalue weighted by molar-refractivity contribution is -0.137. The normalized spacial score (nSPS) is 18.8. The number of Topliss-reactive ketones (excluding diaryl/α,β-unsaturated/α-hetero) is 1. The van der Waals surface area contributed by atoms with Gasteiger partial charge in [-0.1, -0.05) is 19.1 Å². The molecule has 1 heterocycles. The van der Waals surface area contributed by atoms with Gasteiger partial charge in [0.15, 0.2) is 5.78 Å². The van der Waals surface area contributed by atoms with Crippen LogP contribution in [0.2, 0.25) is 0 Å². The molecule has 0 radical (unpaired) electrons. The van der Waals surface area contributed by atoms with Crippen molar-refractivity contribution in [3.05, 3.63) is 35.4 Å². The predicted molar refractivity (Wildman–Crippen MR) is 70.6 cm³/mol. The fraction of sp³-hybridized carbons (Fsp3) is 0.533. The Morgan fingerprint density at radius 3 is 2.50 bits per heavy atom. The van der Waals surface area contributed by atoms with Gasteiger partial charge in [0.05, 0.1) is 5.56 Å². The van der Waals surface area contributed by atoms with Gasteiger partial charge in [-0.3, -0.25) is 4.79 Å². The van der Waals surface area contributed by atoms with Crippen LogP contribution < -0.4 is 5.32 Å². The summed E-state index contributed by atoms with van der Waals surface area (Å²) < 4.78 is 38.2. The molecule has 1 aliphatic heterocycles. The third-order valence-electron chi connectivity index (χ3n) is 4.17. The first-order valence-corrected chi connectivity index (χ1v) is 6.82. The molecule has 2 rings (SSSR count). The summed E-state index contributed by atoms with van der Waals surface area (Å²) in [6.07, 6.45) is -2.40. The second kappa shape index (κ2) is 5.56. The Morgan fingerprint density at radius 1 is 1.30 bits per heavy atom. The van der Waals surface area contributed by atoms with Crippen molar-refractivity contribution >= 4 is 5.78 Å². The van der Waals surface area contributed by atoms with Crippen LogP contribution in [0, 0.1) is 5.41 Å². The van der Waals surface area contributed by atoms with Gasteiger partial charge in [-0.05, 0) is 44.5 Å². The molecule has 1 aromatic carbocycles. The Hall–Kier alpha value is -1.36. The molecule has 0 aliphatic carbocycles. The van der Waals surface area contributed by atoms with E-state index < -0.39 is 17.2 Å². The zero-order valence-corrected chi connectivity index (χ0v) is 11.4. The third kappa shape index (κ3) is 2.87. The van der Waals surface area contributed by atoms with E-state index in [0.717, 1.165) is 25.2 Å². The number of ketones is 1. The highest BCUT2D eigenvalue weighted by Gasteiger charge is 2.39. The Morgan fingerprint density at radius 2 is 1.95 bits per heavy atom. The molecule has 1 aliphatic rings. The first kappa shape index (κ1) is 15.0. The molecule has 1 N–H and O–H groups in total. The second-order valence-electron chi connectivity index (χ2n) is 5.29. The molecule has 5 heteroatoms. The fourth-order valence-corrected chi connectivity index (χ4v) is 2.79. The van der Waals surface area contributed by atoms with E-state index in [0.29, 0.717) is 19.3 Å². The lowest BCUT2D eigenvalue weighted by Gasteiger charge is -2.35. The number of piperidine rings is 1. The topological polar surface area (TPSA) is 29.1 Å². The first-order chi connectivity index (χ1) is 9.39. The molecule has 20 heavy (non-hydrogen) atoms. The molecule has 0 amide bonds. The Bertz CT molecular complexity index is 490. The van der Waals surface area contributed by atoms with Crippen LogP contribution in [0.25, 0.3) is 0 Å². The van der Waals surface area contributed by atoms with E-state index in [1.165, 1.54) is 12.1 Å². The molecule has 1 aromatic rings. The molecular weight excluding hydrogens is 267 g/mol. The molecule has 0 atom stereocenters. The number of hydrogen-bond acceptors (Lipinski definition) is 2. The third-order valence-corrected chi connectivity index (χ3v) is 4.17. The van der Waals surface area contributed by atoms with E-state index in [1.807, 2.05) is 6.92 Å². The van der Waals surface area contributed by atoms with E-state index >= 15 is 0 Å². The van der Waals surface area contributed by atoms with Crippen molar-refractivity contribution in [2.75, 3.05) is 13.1 Å². The summed E-state index contributed by atoms with van der Waals surface area (Å²) in [7, 11) is 0. The molecule has 0 spiro atoms. The van der Waals surface area contributed by atoms with Gasteiger partial charge < -0.3 is 5.32 Å². The van der Waals surface area contributed by atoms with Crippen LogP contribution >= 0.6 is 0 Å². The average Bonchev–Trinajstić information content (AvgIpc) is 2.46. The summed E-state index contributed by atoms with van der Waals surface area (Å²) in [5.74, 6) is -0.160. The average molecular weight is 285 g/mol. The van der Waals surface area contributed by atoms with Gasteiger partial charge >= 0.3 is 6.18 Å². The van der Waals surface area contributed by atoms with Crippen LogP contribution in [0.3, 0.4) is 0 Å². The van der Waals surface area contributed by atoms with Gasteiger partial charge in [0.2, 0.25) is 0 Å². The highest BCUT2D eigenvalue weighted by atomic mass is 19.4. The molecule has 0 saturated carbocycles. The Kier molecular flexibility index (Phi) is 4.18.